The molecule has 0 aromatic heterocycles. The maximum Gasteiger partial charge on any atom is 0.160 e. The first-order chi connectivity index (χ1) is 6.07. The number of carbonyl (C=O) groups excluding carboxylic acids is 1. The SMILES string of the molecule is CC(=O)c1ccc(O)c(C#N)c1I. The molecular formula is C9H6INO2. The van der Waals surface area contributed by atoms with Gasteiger partial charge in [-0.1, -0.05) is 0 Å². The van der Waals surface area contributed by atoms with Crippen molar-refractivity contribution < 1.29 is 9.90 Å². The Balaban J connectivity index is 3.47. The molecule has 0 aliphatic carbocycles. The highest BCUT2D eigenvalue weighted by atomic mass is 127. The Bertz CT molecular complexity index is 407. The van der Waals surface area contributed by atoms with Crippen LogP contribution in [0.1, 0.15) is 22.8 Å². The molecule has 1 N–H and O–H groups in total. The average Bonchev–Trinajstić information content (AvgIpc) is 2.04. The second-order valence-corrected chi connectivity index (χ2v) is 3.57. The lowest BCUT2D eigenvalue weighted by atomic mass is 10.1. The summed E-state index contributed by atoms with van der Waals surface area (Å²) in [5, 5.41) is 17.9. The fourth-order valence-electron chi connectivity index (χ4n) is 0.944. The third-order valence-electron chi connectivity index (χ3n) is 1.61. The number of halogens is 1. The number of carbonyl (C=O) groups is 1. The molecule has 13 heavy (non-hydrogen) atoms. The zero-order valence-electron chi connectivity index (χ0n) is 6.84. The van der Waals surface area contributed by atoms with Crippen molar-refractivity contribution in [2.45, 2.75) is 6.92 Å². The smallest absolute Gasteiger partial charge is 0.160 e. The highest BCUT2D eigenvalue weighted by Crippen LogP contribution is 2.25. The number of benzene rings is 1. The lowest BCUT2D eigenvalue weighted by Gasteiger charge is -2.03. The van der Waals surface area contributed by atoms with E-state index in [-0.39, 0.29) is 17.1 Å². The summed E-state index contributed by atoms with van der Waals surface area (Å²) in [5.41, 5.74) is 0.628. The summed E-state index contributed by atoms with van der Waals surface area (Å²) in [4.78, 5) is 11.0. The highest BCUT2D eigenvalue weighted by molar-refractivity contribution is 14.1. The number of nitriles is 1. The fraction of sp³-hybridized carbons (Fsp3) is 0.111. The van der Waals surface area contributed by atoms with Crippen molar-refractivity contribution in [1.82, 2.24) is 0 Å². The van der Waals surface area contributed by atoms with Gasteiger partial charge in [-0.3, -0.25) is 4.79 Å². The molecule has 0 radical (unpaired) electrons. The number of ketones is 1. The zero-order chi connectivity index (χ0) is 10.0. The third kappa shape index (κ3) is 1.80. The van der Waals surface area contributed by atoms with E-state index in [0.717, 1.165) is 0 Å². The molecule has 0 aliphatic heterocycles. The van der Waals surface area contributed by atoms with Gasteiger partial charge in [0.05, 0.1) is 0 Å². The highest BCUT2D eigenvalue weighted by Gasteiger charge is 2.12. The Morgan fingerprint density at radius 1 is 1.62 bits per heavy atom. The van der Waals surface area contributed by atoms with E-state index < -0.39 is 0 Å². The molecule has 4 heteroatoms. The molecule has 0 saturated carbocycles. The Morgan fingerprint density at radius 2 is 2.23 bits per heavy atom. The van der Waals surface area contributed by atoms with Gasteiger partial charge in [-0.15, -0.1) is 0 Å². The molecule has 66 valence electrons. The van der Waals surface area contributed by atoms with E-state index in [1.807, 2.05) is 28.7 Å². The predicted molar refractivity (Wildman–Crippen MR) is 55.5 cm³/mol. The van der Waals surface area contributed by atoms with Crippen LogP contribution < -0.4 is 0 Å². The molecule has 1 aromatic carbocycles. The topological polar surface area (TPSA) is 61.1 Å². The quantitative estimate of drug-likeness (QED) is 0.635. The van der Waals surface area contributed by atoms with Crippen LogP contribution in [0.3, 0.4) is 0 Å². The van der Waals surface area contributed by atoms with Gasteiger partial charge in [0.25, 0.3) is 0 Å². The molecule has 0 unspecified atom stereocenters. The second-order valence-electron chi connectivity index (χ2n) is 2.49. The van der Waals surface area contributed by atoms with E-state index in [4.69, 9.17) is 5.26 Å². The van der Waals surface area contributed by atoms with E-state index in [9.17, 15) is 9.90 Å². The summed E-state index contributed by atoms with van der Waals surface area (Å²) in [7, 11) is 0. The van der Waals surface area contributed by atoms with Gasteiger partial charge >= 0.3 is 0 Å². The van der Waals surface area contributed by atoms with Gasteiger partial charge in [0.15, 0.2) is 5.78 Å². The predicted octanol–water partition coefficient (Wildman–Crippen LogP) is 2.07. The molecule has 0 bridgehead atoms. The summed E-state index contributed by atoms with van der Waals surface area (Å²) in [6.45, 7) is 1.43. The van der Waals surface area contributed by atoms with Crippen LogP contribution in [0.2, 0.25) is 0 Å². The number of nitrogens with zero attached hydrogens (tertiary/aromatic N) is 1. The summed E-state index contributed by atoms with van der Waals surface area (Å²) in [5.74, 6) is -0.196. The van der Waals surface area contributed by atoms with Crippen molar-refractivity contribution in [1.29, 1.82) is 5.26 Å². The summed E-state index contributed by atoms with van der Waals surface area (Å²) >= 11 is 1.88. The monoisotopic (exact) mass is 287 g/mol. The first-order valence-electron chi connectivity index (χ1n) is 3.50. The van der Waals surface area contributed by atoms with E-state index >= 15 is 0 Å². The molecule has 0 amide bonds. The van der Waals surface area contributed by atoms with Crippen LogP contribution in [-0.2, 0) is 0 Å². The lowest BCUT2D eigenvalue weighted by Crippen LogP contribution is -1.98. The van der Waals surface area contributed by atoms with Gasteiger partial charge in [-0.05, 0) is 41.6 Å². The van der Waals surface area contributed by atoms with Gasteiger partial charge in [0, 0.05) is 9.13 Å². The van der Waals surface area contributed by atoms with Gasteiger partial charge in [-0.2, -0.15) is 5.26 Å². The van der Waals surface area contributed by atoms with Crippen LogP contribution in [-0.4, -0.2) is 10.9 Å². The Morgan fingerprint density at radius 3 is 2.69 bits per heavy atom. The van der Waals surface area contributed by atoms with E-state index in [2.05, 4.69) is 0 Å². The van der Waals surface area contributed by atoms with Gasteiger partial charge in [-0.25, -0.2) is 0 Å². The molecule has 3 nitrogen and oxygen atoms in total. The van der Waals surface area contributed by atoms with Crippen LogP contribution in [0.5, 0.6) is 5.75 Å². The Kier molecular flexibility index (Phi) is 2.88. The molecule has 0 saturated heterocycles. The van der Waals surface area contributed by atoms with Crippen LogP contribution in [0.15, 0.2) is 12.1 Å². The van der Waals surface area contributed by atoms with Crippen molar-refractivity contribution in [2.75, 3.05) is 0 Å². The summed E-state index contributed by atoms with van der Waals surface area (Å²) in [6, 6.07) is 4.72. The molecule has 1 rings (SSSR count). The third-order valence-corrected chi connectivity index (χ3v) is 2.73. The number of phenolic OH excluding ortho intramolecular Hbond substituents is 1. The number of hydrogen-bond donors (Lipinski definition) is 1. The molecule has 0 spiro atoms. The second kappa shape index (κ2) is 3.75. The van der Waals surface area contributed by atoms with Crippen LogP contribution in [0, 0.1) is 14.9 Å². The number of phenols is 1. The normalized spacial score (nSPS) is 9.31. The number of hydrogen-bond acceptors (Lipinski definition) is 3. The van der Waals surface area contributed by atoms with Crippen molar-refractivity contribution in [3.05, 3.63) is 26.8 Å². The minimum absolute atomic E-state index is 0.0862. The fourth-order valence-corrected chi connectivity index (χ4v) is 1.90. The maximum atomic E-state index is 11.0. The number of Topliss-reactive ketones (excluding diaryl/α,β-unsaturated/α-hetero) is 1. The molecule has 0 atom stereocenters. The molecular weight excluding hydrogens is 281 g/mol. The minimum atomic E-state index is -0.110. The Hall–Kier alpha value is -1.09. The summed E-state index contributed by atoms with van der Waals surface area (Å²) < 4.78 is 0.507. The van der Waals surface area contributed by atoms with Gasteiger partial charge in [0.2, 0.25) is 0 Å². The van der Waals surface area contributed by atoms with Gasteiger partial charge in [0.1, 0.15) is 17.4 Å². The molecule has 1 aromatic rings. The maximum absolute atomic E-state index is 11.0. The molecule has 0 heterocycles. The van der Waals surface area contributed by atoms with Crippen LogP contribution in [0.25, 0.3) is 0 Å². The molecule has 0 fully saturated rings. The van der Waals surface area contributed by atoms with Crippen LogP contribution in [0.4, 0.5) is 0 Å². The first kappa shape index (κ1) is 9.99. The van der Waals surface area contributed by atoms with E-state index in [1.165, 1.54) is 19.1 Å². The van der Waals surface area contributed by atoms with Crippen LogP contribution >= 0.6 is 22.6 Å². The average molecular weight is 287 g/mol. The minimum Gasteiger partial charge on any atom is -0.507 e. The Labute approximate surface area is 89.1 Å². The summed E-state index contributed by atoms with van der Waals surface area (Å²) in [6.07, 6.45) is 0. The van der Waals surface area contributed by atoms with Gasteiger partial charge < -0.3 is 5.11 Å². The van der Waals surface area contributed by atoms with Crippen molar-refractivity contribution in [3.63, 3.8) is 0 Å². The van der Waals surface area contributed by atoms with Crippen molar-refractivity contribution in [3.8, 4) is 11.8 Å². The largest absolute Gasteiger partial charge is 0.507 e. The van der Waals surface area contributed by atoms with Crippen molar-refractivity contribution in [2.24, 2.45) is 0 Å². The van der Waals surface area contributed by atoms with E-state index in [0.29, 0.717) is 9.13 Å². The standard InChI is InChI=1S/C9H6INO2/c1-5(12)6-2-3-8(13)7(4-11)9(6)10/h2-3,13H,1H3. The number of rotatable bonds is 1. The first-order valence-corrected chi connectivity index (χ1v) is 4.58. The van der Waals surface area contributed by atoms with E-state index in [1.54, 1.807) is 0 Å². The van der Waals surface area contributed by atoms with Crippen molar-refractivity contribution >= 4 is 28.4 Å². The molecule has 0 aliphatic rings. The zero-order valence-corrected chi connectivity index (χ0v) is 8.99. The lowest BCUT2D eigenvalue weighted by molar-refractivity contribution is 0.101. The number of aromatic hydroxyl groups is 1.